The first kappa shape index (κ1) is 13.8. The summed E-state index contributed by atoms with van der Waals surface area (Å²) in [6, 6.07) is 9.32. The molecule has 0 saturated heterocycles. The van der Waals surface area contributed by atoms with Crippen LogP contribution in [0.3, 0.4) is 0 Å². The fourth-order valence-electron chi connectivity index (χ4n) is 2.58. The molecule has 1 heterocycles. The second kappa shape index (κ2) is 5.66. The maximum atomic E-state index is 13.5. The van der Waals surface area contributed by atoms with Gasteiger partial charge in [-0.25, -0.2) is 8.78 Å². The highest BCUT2D eigenvalue weighted by Gasteiger charge is 2.15. The standard InChI is InChI=1S/C17H15F2NO/c1-21-15-2-3-16-12(8-15)10-20-5-4-17(16)11-6-13(18)9-14(19)7-11/h2-4,6-9,20H,5,10H2,1H3. The molecule has 0 fully saturated rings. The van der Waals surface area contributed by atoms with Gasteiger partial charge < -0.3 is 10.1 Å². The van der Waals surface area contributed by atoms with Gasteiger partial charge in [0.05, 0.1) is 7.11 Å². The smallest absolute Gasteiger partial charge is 0.126 e. The van der Waals surface area contributed by atoms with Crippen LogP contribution >= 0.6 is 0 Å². The van der Waals surface area contributed by atoms with Crippen LogP contribution in [0, 0.1) is 11.6 Å². The summed E-state index contributed by atoms with van der Waals surface area (Å²) in [4.78, 5) is 0. The van der Waals surface area contributed by atoms with Crippen LogP contribution in [-0.4, -0.2) is 13.7 Å². The zero-order valence-corrected chi connectivity index (χ0v) is 11.6. The first-order chi connectivity index (χ1) is 10.2. The minimum Gasteiger partial charge on any atom is -0.497 e. The average molecular weight is 287 g/mol. The van der Waals surface area contributed by atoms with Crippen molar-refractivity contribution in [2.24, 2.45) is 0 Å². The topological polar surface area (TPSA) is 21.3 Å². The average Bonchev–Trinajstić information content (AvgIpc) is 2.67. The van der Waals surface area contributed by atoms with Gasteiger partial charge in [0.15, 0.2) is 0 Å². The van der Waals surface area contributed by atoms with Crippen LogP contribution < -0.4 is 10.1 Å². The lowest BCUT2D eigenvalue weighted by molar-refractivity contribution is 0.414. The number of hydrogen-bond donors (Lipinski definition) is 1. The minimum atomic E-state index is -0.571. The molecule has 1 aliphatic rings. The van der Waals surface area contributed by atoms with Crippen LogP contribution in [0.1, 0.15) is 16.7 Å². The summed E-state index contributed by atoms with van der Waals surface area (Å²) < 4.78 is 32.2. The van der Waals surface area contributed by atoms with Crippen molar-refractivity contribution in [2.75, 3.05) is 13.7 Å². The number of rotatable bonds is 2. The molecule has 108 valence electrons. The zero-order chi connectivity index (χ0) is 14.8. The molecule has 0 amide bonds. The fourth-order valence-corrected chi connectivity index (χ4v) is 2.58. The Morgan fingerprint density at radius 1 is 1.05 bits per heavy atom. The molecule has 0 saturated carbocycles. The molecule has 0 unspecified atom stereocenters. The van der Waals surface area contributed by atoms with E-state index in [1.54, 1.807) is 7.11 Å². The minimum absolute atomic E-state index is 0.544. The van der Waals surface area contributed by atoms with E-state index >= 15 is 0 Å². The van der Waals surface area contributed by atoms with Gasteiger partial charge in [-0.1, -0.05) is 12.1 Å². The van der Waals surface area contributed by atoms with E-state index in [4.69, 9.17) is 4.74 Å². The summed E-state index contributed by atoms with van der Waals surface area (Å²) >= 11 is 0. The van der Waals surface area contributed by atoms with E-state index in [0.29, 0.717) is 18.7 Å². The van der Waals surface area contributed by atoms with E-state index in [-0.39, 0.29) is 0 Å². The second-order valence-electron chi connectivity index (χ2n) is 4.93. The number of nitrogens with one attached hydrogen (secondary N) is 1. The summed E-state index contributed by atoms with van der Waals surface area (Å²) in [5.41, 5.74) is 3.38. The van der Waals surface area contributed by atoms with Crippen molar-refractivity contribution in [1.29, 1.82) is 0 Å². The number of benzene rings is 2. The largest absolute Gasteiger partial charge is 0.497 e. The number of halogens is 2. The van der Waals surface area contributed by atoms with Crippen molar-refractivity contribution >= 4 is 5.57 Å². The maximum Gasteiger partial charge on any atom is 0.126 e. The molecule has 1 aliphatic heterocycles. The number of fused-ring (bicyclic) bond motifs is 1. The van der Waals surface area contributed by atoms with Gasteiger partial charge in [0, 0.05) is 19.2 Å². The van der Waals surface area contributed by atoms with Crippen molar-refractivity contribution in [2.45, 2.75) is 6.54 Å². The summed E-state index contributed by atoms with van der Waals surface area (Å²) in [5.74, 6) is -0.376. The van der Waals surface area contributed by atoms with Crippen molar-refractivity contribution in [3.8, 4) is 5.75 Å². The summed E-state index contributed by atoms with van der Waals surface area (Å²) in [5, 5.41) is 3.26. The van der Waals surface area contributed by atoms with Crippen molar-refractivity contribution in [3.63, 3.8) is 0 Å². The van der Waals surface area contributed by atoms with Gasteiger partial charge >= 0.3 is 0 Å². The quantitative estimate of drug-likeness (QED) is 0.912. The Morgan fingerprint density at radius 3 is 2.52 bits per heavy atom. The highest BCUT2D eigenvalue weighted by atomic mass is 19.1. The summed E-state index contributed by atoms with van der Waals surface area (Å²) in [7, 11) is 1.62. The first-order valence-corrected chi connectivity index (χ1v) is 6.72. The van der Waals surface area contributed by atoms with E-state index < -0.39 is 11.6 Å². The van der Waals surface area contributed by atoms with Crippen molar-refractivity contribution < 1.29 is 13.5 Å². The van der Waals surface area contributed by atoms with Crippen LogP contribution in [0.2, 0.25) is 0 Å². The molecule has 0 aromatic heterocycles. The first-order valence-electron chi connectivity index (χ1n) is 6.72. The highest BCUT2D eigenvalue weighted by molar-refractivity contribution is 5.82. The van der Waals surface area contributed by atoms with Crippen molar-refractivity contribution in [3.05, 3.63) is 70.8 Å². The molecule has 2 nitrogen and oxygen atoms in total. The summed E-state index contributed by atoms with van der Waals surface area (Å²) in [6.07, 6.45) is 1.95. The molecule has 2 aromatic rings. The number of methoxy groups -OCH3 is 1. The van der Waals surface area contributed by atoms with Crippen LogP contribution in [0.4, 0.5) is 8.78 Å². The normalized spacial score (nSPS) is 14.1. The van der Waals surface area contributed by atoms with Gasteiger partial charge in [-0.2, -0.15) is 0 Å². The second-order valence-corrected chi connectivity index (χ2v) is 4.93. The summed E-state index contributed by atoms with van der Waals surface area (Å²) in [6.45, 7) is 1.33. The van der Waals surface area contributed by atoms with Gasteiger partial charge in [-0.3, -0.25) is 0 Å². The molecule has 0 radical (unpaired) electrons. The third-order valence-corrected chi connectivity index (χ3v) is 3.54. The van der Waals surface area contributed by atoms with Crippen LogP contribution in [-0.2, 0) is 6.54 Å². The van der Waals surface area contributed by atoms with Crippen molar-refractivity contribution in [1.82, 2.24) is 5.32 Å². The Bertz CT molecular complexity index is 690. The predicted molar refractivity (Wildman–Crippen MR) is 78.1 cm³/mol. The monoisotopic (exact) mass is 287 g/mol. The van der Waals surface area contributed by atoms with Crippen LogP contribution in [0.5, 0.6) is 5.75 Å². The molecule has 21 heavy (non-hydrogen) atoms. The van der Waals surface area contributed by atoms with Gasteiger partial charge in [-0.15, -0.1) is 0 Å². The Balaban J connectivity index is 2.13. The van der Waals surface area contributed by atoms with E-state index in [9.17, 15) is 8.78 Å². The van der Waals surface area contributed by atoms with E-state index in [1.807, 2.05) is 24.3 Å². The van der Waals surface area contributed by atoms with Gasteiger partial charge in [0.2, 0.25) is 0 Å². The third-order valence-electron chi connectivity index (χ3n) is 3.54. The Morgan fingerprint density at radius 2 is 1.81 bits per heavy atom. The number of hydrogen-bond acceptors (Lipinski definition) is 2. The molecule has 0 bridgehead atoms. The molecular formula is C17H15F2NO. The lowest BCUT2D eigenvalue weighted by Gasteiger charge is -2.13. The molecule has 0 atom stereocenters. The SMILES string of the molecule is COc1ccc2c(c1)CNCC=C2c1cc(F)cc(F)c1. The van der Waals surface area contributed by atoms with Gasteiger partial charge in [0.1, 0.15) is 17.4 Å². The van der Waals surface area contributed by atoms with E-state index in [1.165, 1.54) is 12.1 Å². The lowest BCUT2D eigenvalue weighted by Crippen LogP contribution is -2.11. The molecule has 0 spiro atoms. The van der Waals surface area contributed by atoms with Gasteiger partial charge in [0.25, 0.3) is 0 Å². The lowest BCUT2D eigenvalue weighted by atomic mass is 9.94. The predicted octanol–water partition coefficient (Wildman–Crippen LogP) is 3.51. The molecule has 2 aromatic carbocycles. The maximum absolute atomic E-state index is 13.5. The molecule has 3 rings (SSSR count). The molecule has 0 aliphatic carbocycles. The Hall–Kier alpha value is -2.20. The third kappa shape index (κ3) is 2.81. The van der Waals surface area contributed by atoms with Crippen LogP contribution in [0.25, 0.3) is 5.57 Å². The Kier molecular flexibility index (Phi) is 3.71. The number of ether oxygens (including phenoxy) is 1. The van der Waals surface area contributed by atoms with E-state index in [0.717, 1.165) is 28.5 Å². The molecule has 4 heteroatoms. The van der Waals surface area contributed by atoms with Crippen LogP contribution in [0.15, 0.2) is 42.5 Å². The molecule has 1 N–H and O–H groups in total. The Labute approximate surface area is 122 Å². The highest BCUT2D eigenvalue weighted by Crippen LogP contribution is 2.31. The zero-order valence-electron chi connectivity index (χ0n) is 11.6. The fraction of sp³-hybridized carbons (Fsp3) is 0.176. The van der Waals surface area contributed by atoms with Gasteiger partial charge in [-0.05, 0) is 46.5 Å². The molecular weight excluding hydrogens is 272 g/mol. The van der Waals surface area contributed by atoms with E-state index in [2.05, 4.69) is 5.32 Å².